The lowest BCUT2D eigenvalue weighted by molar-refractivity contribution is 0.537. The molecule has 0 aliphatic carbocycles. The molecule has 0 saturated heterocycles. The van der Waals surface area contributed by atoms with Crippen molar-refractivity contribution in [2.75, 3.05) is 5.43 Å². The number of thiocarbonyl (C=S) groups is 1. The van der Waals surface area contributed by atoms with Gasteiger partial charge in [0.2, 0.25) is 5.55 Å². The van der Waals surface area contributed by atoms with Crippen molar-refractivity contribution >= 4 is 33.9 Å². The van der Waals surface area contributed by atoms with E-state index in [1.807, 2.05) is 61.5 Å². The number of rotatable bonds is 3. The van der Waals surface area contributed by atoms with Gasteiger partial charge < -0.3 is 10.2 Å². The van der Waals surface area contributed by atoms with Crippen LogP contribution >= 0.6 is 12.2 Å². The molecule has 0 unspecified atom stereocenters. The van der Waals surface area contributed by atoms with E-state index in [1.165, 1.54) is 0 Å². The van der Waals surface area contributed by atoms with Gasteiger partial charge in [0.1, 0.15) is 10.6 Å². The molecule has 110 valence electrons. The second kappa shape index (κ2) is 5.99. The Morgan fingerprint density at radius 1 is 1.14 bits per heavy atom. The first-order chi connectivity index (χ1) is 10.6. The predicted molar refractivity (Wildman–Crippen MR) is 92.5 cm³/mol. The Hall–Kier alpha value is -2.66. The van der Waals surface area contributed by atoms with Crippen LogP contribution in [0, 0.1) is 6.92 Å². The van der Waals surface area contributed by atoms with Gasteiger partial charge in [-0.2, -0.15) is 0 Å². The number of nitrogens with zero attached hydrogens (tertiary/aromatic N) is 1. The lowest BCUT2D eigenvalue weighted by Crippen LogP contribution is -2.22. The third-order valence-electron chi connectivity index (χ3n) is 3.30. The van der Waals surface area contributed by atoms with Crippen molar-refractivity contribution in [2.45, 2.75) is 6.92 Å². The fraction of sp³-hybridized carbons (Fsp3) is 0.0588. The number of aryl methyl sites for hydroxylation is 1. The van der Waals surface area contributed by atoms with Crippen molar-refractivity contribution in [3.05, 3.63) is 71.3 Å². The minimum absolute atomic E-state index is 0.251. The summed E-state index contributed by atoms with van der Waals surface area (Å²) in [5.41, 5.74) is 12.4. The summed E-state index contributed by atoms with van der Waals surface area (Å²) in [6.45, 7) is 1.99. The molecule has 3 N–H and O–H groups in total. The average Bonchev–Trinajstić information content (AvgIpc) is 2.53. The predicted octanol–water partition coefficient (Wildman–Crippen LogP) is 3.30. The Labute approximate surface area is 133 Å². The molecular weight excluding hydrogens is 294 g/mol. The van der Waals surface area contributed by atoms with E-state index >= 15 is 0 Å². The molecule has 0 bridgehead atoms. The minimum Gasteiger partial charge on any atom is -0.436 e. The Morgan fingerprint density at radius 3 is 2.64 bits per heavy atom. The monoisotopic (exact) mass is 309 g/mol. The lowest BCUT2D eigenvalue weighted by Gasteiger charge is -2.05. The molecular formula is C17H15N3OS. The molecule has 1 aromatic heterocycles. The van der Waals surface area contributed by atoms with Gasteiger partial charge >= 0.3 is 0 Å². The normalized spacial score (nSPS) is 11.6. The van der Waals surface area contributed by atoms with Gasteiger partial charge in [0.15, 0.2) is 0 Å². The smallest absolute Gasteiger partial charge is 0.246 e. The van der Waals surface area contributed by atoms with Crippen molar-refractivity contribution in [3.8, 4) is 0 Å². The molecule has 2 aromatic carbocycles. The highest BCUT2D eigenvalue weighted by Crippen LogP contribution is 2.17. The van der Waals surface area contributed by atoms with Gasteiger partial charge in [0, 0.05) is 5.39 Å². The number of fused-ring (bicyclic) bond motifs is 1. The maximum Gasteiger partial charge on any atom is 0.246 e. The molecule has 22 heavy (non-hydrogen) atoms. The zero-order chi connectivity index (χ0) is 15.5. The van der Waals surface area contributed by atoms with E-state index in [2.05, 4.69) is 10.5 Å². The molecule has 0 spiro atoms. The molecule has 0 atom stereocenters. The molecule has 4 nitrogen and oxygen atoms in total. The van der Waals surface area contributed by atoms with Crippen LogP contribution in [-0.2, 0) is 0 Å². The molecule has 5 heteroatoms. The van der Waals surface area contributed by atoms with Crippen LogP contribution in [0.15, 0.2) is 64.1 Å². The molecule has 0 fully saturated rings. The number of anilines is 1. The summed E-state index contributed by atoms with van der Waals surface area (Å²) in [6, 6.07) is 17.4. The van der Waals surface area contributed by atoms with E-state index in [0.29, 0.717) is 11.1 Å². The Bertz CT molecular complexity index is 901. The summed E-state index contributed by atoms with van der Waals surface area (Å²) in [5, 5.41) is 5.25. The van der Waals surface area contributed by atoms with E-state index in [1.54, 1.807) is 0 Å². The van der Waals surface area contributed by atoms with Gasteiger partial charge in [-0.3, -0.25) is 5.43 Å². The van der Waals surface area contributed by atoms with E-state index in [9.17, 15) is 0 Å². The van der Waals surface area contributed by atoms with Crippen LogP contribution in [-0.4, -0.2) is 4.99 Å². The topological polar surface area (TPSA) is 63.5 Å². The first-order valence-corrected chi connectivity index (χ1v) is 7.24. The molecule has 0 radical (unpaired) electrons. The maximum absolute atomic E-state index is 5.91. The molecule has 0 aliphatic heterocycles. The number of para-hydroxylation sites is 2. The van der Waals surface area contributed by atoms with Gasteiger partial charge in [-0.1, -0.05) is 48.6 Å². The molecule has 0 aliphatic rings. The van der Waals surface area contributed by atoms with Crippen molar-refractivity contribution < 1.29 is 4.42 Å². The zero-order valence-corrected chi connectivity index (χ0v) is 12.9. The van der Waals surface area contributed by atoms with Gasteiger partial charge in [-0.25, -0.2) is 0 Å². The van der Waals surface area contributed by atoms with Crippen molar-refractivity contribution in [1.29, 1.82) is 0 Å². The molecule has 1 heterocycles. The van der Waals surface area contributed by atoms with Gasteiger partial charge in [0.25, 0.3) is 0 Å². The lowest BCUT2D eigenvalue weighted by atomic mass is 10.1. The van der Waals surface area contributed by atoms with E-state index in [-0.39, 0.29) is 4.99 Å². The van der Waals surface area contributed by atoms with Crippen LogP contribution in [0.3, 0.4) is 0 Å². The molecule has 0 saturated carbocycles. The summed E-state index contributed by atoms with van der Waals surface area (Å²) in [7, 11) is 0. The number of hydrogen-bond donors (Lipinski definition) is 2. The van der Waals surface area contributed by atoms with Crippen LogP contribution < -0.4 is 16.7 Å². The fourth-order valence-electron chi connectivity index (χ4n) is 2.18. The van der Waals surface area contributed by atoms with Crippen molar-refractivity contribution in [3.63, 3.8) is 0 Å². The minimum atomic E-state index is 0.251. The molecule has 0 amide bonds. The number of nitrogens with one attached hydrogen (secondary N) is 1. The van der Waals surface area contributed by atoms with E-state index in [0.717, 1.165) is 22.2 Å². The number of benzene rings is 2. The Morgan fingerprint density at radius 2 is 1.91 bits per heavy atom. The zero-order valence-electron chi connectivity index (χ0n) is 12.0. The standard InChI is InChI=1S/C17H15N3OS/c1-11-6-5-7-12-10-14(16(18)22)17(21-15(11)12)20-19-13-8-3-2-4-9-13/h2-10,19H,1H3,(H2,18,22)/b20-17+. The SMILES string of the molecule is Cc1cccc2cc(C(N)=S)/c(=N\Nc3ccccc3)oc12. The highest BCUT2D eigenvalue weighted by Gasteiger charge is 2.08. The van der Waals surface area contributed by atoms with Gasteiger partial charge in [-0.05, 0) is 30.7 Å². The average molecular weight is 309 g/mol. The highest BCUT2D eigenvalue weighted by molar-refractivity contribution is 7.80. The van der Waals surface area contributed by atoms with Crippen molar-refractivity contribution in [2.24, 2.45) is 10.8 Å². The van der Waals surface area contributed by atoms with Crippen LogP contribution in [0.25, 0.3) is 11.0 Å². The second-order valence-corrected chi connectivity index (χ2v) is 5.35. The maximum atomic E-state index is 5.91. The second-order valence-electron chi connectivity index (χ2n) is 4.91. The van der Waals surface area contributed by atoms with Crippen LogP contribution in [0.5, 0.6) is 0 Å². The third kappa shape index (κ3) is 2.84. The Kier molecular flexibility index (Phi) is 3.89. The van der Waals surface area contributed by atoms with Gasteiger partial charge in [-0.15, -0.1) is 5.10 Å². The summed E-state index contributed by atoms with van der Waals surface area (Å²) < 4.78 is 5.91. The summed E-state index contributed by atoms with van der Waals surface area (Å²) >= 11 is 5.11. The molecule has 3 rings (SSSR count). The summed E-state index contributed by atoms with van der Waals surface area (Å²) in [4.78, 5) is 0.251. The van der Waals surface area contributed by atoms with Crippen LogP contribution in [0.1, 0.15) is 11.1 Å². The van der Waals surface area contributed by atoms with E-state index in [4.69, 9.17) is 22.4 Å². The molecule has 3 aromatic rings. The highest BCUT2D eigenvalue weighted by atomic mass is 32.1. The third-order valence-corrected chi connectivity index (χ3v) is 3.52. The van der Waals surface area contributed by atoms with Crippen LogP contribution in [0.4, 0.5) is 5.69 Å². The summed E-state index contributed by atoms with van der Waals surface area (Å²) in [6.07, 6.45) is 0. The first kappa shape index (κ1) is 14.3. The number of hydrogen-bond acceptors (Lipinski definition) is 4. The van der Waals surface area contributed by atoms with Gasteiger partial charge in [0.05, 0.1) is 11.3 Å². The summed E-state index contributed by atoms with van der Waals surface area (Å²) in [5.74, 6) is 0. The first-order valence-electron chi connectivity index (χ1n) is 6.83. The Balaban J connectivity index is 2.16. The van der Waals surface area contributed by atoms with Crippen LogP contribution in [0.2, 0.25) is 0 Å². The number of nitrogens with two attached hydrogens (primary N) is 1. The quantitative estimate of drug-likeness (QED) is 0.575. The fourth-order valence-corrected chi connectivity index (χ4v) is 2.33. The van der Waals surface area contributed by atoms with E-state index < -0.39 is 0 Å². The largest absolute Gasteiger partial charge is 0.436 e. The van der Waals surface area contributed by atoms with Crippen molar-refractivity contribution in [1.82, 2.24) is 0 Å².